The summed E-state index contributed by atoms with van der Waals surface area (Å²) in [6.07, 6.45) is 1.49. The van der Waals surface area contributed by atoms with E-state index in [1.807, 2.05) is 6.26 Å². The third-order valence-corrected chi connectivity index (χ3v) is 9.40. The molecule has 2 aliphatic heterocycles. The molecule has 0 amide bonds. The van der Waals surface area contributed by atoms with E-state index in [1.54, 1.807) is 6.92 Å². The number of nitrogen functional groups attached to an aromatic ring is 1. The Labute approximate surface area is 263 Å². The van der Waals surface area contributed by atoms with E-state index in [9.17, 15) is 29.7 Å². The second-order valence-corrected chi connectivity index (χ2v) is 13.1. The number of azide groups is 1. The Balaban J connectivity index is 0.000000222. The van der Waals surface area contributed by atoms with Crippen LogP contribution >= 0.6 is 0 Å². The van der Waals surface area contributed by atoms with E-state index in [2.05, 4.69) is 30.0 Å². The number of hydrogen-bond acceptors (Lipinski definition) is 15. The maximum absolute atomic E-state index is 11.7. The number of imidazole rings is 1. The first-order valence-electron chi connectivity index (χ1n) is 14.0. The number of H-pyrrole nitrogens is 1. The number of aliphatic hydroxyl groups excluding tert-OH is 3. The lowest BCUT2D eigenvalue weighted by atomic mass is 10.1. The van der Waals surface area contributed by atoms with Gasteiger partial charge in [-0.3, -0.25) is 18.9 Å². The second-order valence-electron chi connectivity index (χ2n) is 10.8. The number of aliphatic hydroxyl groups is 3. The predicted octanol–water partition coefficient (Wildman–Crippen LogP) is -3.45. The average Bonchev–Trinajstić information content (AvgIpc) is 3.71. The number of aromatic amines is 1. The number of hydrogen-bond donors (Lipinski definition) is 6. The number of rotatable bonds is 10. The number of fused-ring (bicyclic) bond motifs is 1. The molecule has 0 spiro atoms. The number of carboxylic acids is 1. The molecule has 9 atom stereocenters. The third-order valence-electron chi connectivity index (χ3n) is 7.57. The summed E-state index contributed by atoms with van der Waals surface area (Å²) in [7, 11) is -0.263. The van der Waals surface area contributed by atoms with Gasteiger partial charge in [0.2, 0.25) is 0 Å². The number of ether oxygens (including phenoxy) is 2. The molecule has 20 nitrogen and oxygen atoms in total. The smallest absolute Gasteiger partial charge is 0.330 e. The largest absolute Gasteiger partial charge is 0.548 e. The second kappa shape index (κ2) is 15.0. The molecular weight excluding hydrogens is 630 g/mol. The van der Waals surface area contributed by atoms with Crippen LogP contribution in [0.25, 0.3) is 21.6 Å². The Bertz CT molecular complexity index is 1690. The highest BCUT2D eigenvalue weighted by Gasteiger charge is 2.46. The van der Waals surface area contributed by atoms with Crippen molar-refractivity contribution in [1.82, 2.24) is 29.1 Å². The SMILES string of the molecule is C[S+](CC[C@H](N)C(=O)[O-])C[C@H]1O[C@@H](n2cnc3c(N)ncnc32)[C@H](O)[C@@H]1O.Cc1cn([C@H]2C[C@H](N=[N+]=[N-])[C@@H](CO)O2)c(=O)[nH]c1=O. The van der Waals surface area contributed by atoms with E-state index >= 15 is 0 Å². The van der Waals surface area contributed by atoms with Crippen molar-refractivity contribution in [3.05, 3.63) is 55.7 Å². The van der Waals surface area contributed by atoms with Gasteiger partial charge >= 0.3 is 5.69 Å². The Hall–Kier alpha value is -4.08. The maximum atomic E-state index is 11.7. The summed E-state index contributed by atoms with van der Waals surface area (Å²) in [5.41, 5.74) is 19.8. The molecule has 0 aliphatic carbocycles. The number of nitrogens with zero attached hydrogens (tertiary/aromatic N) is 8. The molecule has 5 heterocycles. The van der Waals surface area contributed by atoms with Gasteiger partial charge in [0.1, 0.15) is 47.9 Å². The number of nitrogens with two attached hydrogens (primary N) is 2. The lowest BCUT2D eigenvalue weighted by Crippen LogP contribution is -2.43. The van der Waals surface area contributed by atoms with Crippen molar-refractivity contribution >= 4 is 33.8 Å². The van der Waals surface area contributed by atoms with Gasteiger partial charge in [-0.25, -0.2) is 19.7 Å². The van der Waals surface area contributed by atoms with Gasteiger partial charge in [-0.05, 0) is 23.3 Å². The van der Waals surface area contributed by atoms with E-state index in [1.165, 1.54) is 28.0 Å². The molecule has 5 rings (SSSR count). The first kappa shape index (κ1) is 34.8. The summed E-state index contributed by atoms with van der Waals surface area (Å²) < 4.78 is 14.1. The van der Waals surface area contributed by atoms with Crippen LogP contribution in [0.1, 0.15) is 30.9 Å². The summed E-state index contributed by atoms with van der Waals surface area (Å²) in [5.74, 6) is -0.0611. The number of aromatic nitrogens is 6. The Morgan fingerprint density at radius 2 is 2.00 bits per heavy atom. The minimum atomic E-state index is -1.28. The van der Waals surface area contributed by atoms with Crippen molar-refractivity contribution in [3.63, 3.8) is 0 Å². The van der Waals surface area contributed by atoms with E-state index in [0.717, 1.165) is 0 Å². The van der Waals surface area contributed by atoms with Crippen molar-refractivity contribution in [2.75, 3.05) is 30.1 Å². The minimum absolute atomic E-state index is 0.211. The van der Waals surface area contributed by atoms with Crippen LogP contribution < -0.4 is 27.8 Å². The van der Waals surface area contributed by atoms with Crippen molar-refractivity contribution in [2.24, 2.45) is 10.8 Å². The molecular formula is C25H35N11O9S. The van der Waals surface area contributed by atoms with Crippen LogP contribution in [0.4, 0.5) is 5.82 Å². The molecule has 0 saturated carbocycles. The topological polar surface area (TPSA) is 319 Å². The molecule has 2 aliphatic rings. The zero-order valence-electron chi connectivity index (χ0n) is 24.8. The van der Waals surface area contributed by atoms with Crippen LogP contribution in [0, 0.1) is 6.92 Å². The molecule has 0 bridgehead atoms. The lowest BCUT2D eigenvalue weighted by Gasteiger charge is -2.16. The number of carboxylic acid groups (broad SMARTS) is 1. The van der Waals surface area contributed by atoms with Crippen LogP contribution in [-0.2, 0) is 25.2 Å². The molecule has 0 radical (unpaired) electrons. The third kappa shape index (κ3) is 7.65. The van der Waals surface area contributed by atoms with Crippen LogP contribution in [0.3, 0.4) is 0 Å². The van der Waals surface area contributed by atoms with E-state index in [-0.39, 0.29) is 36.2 Å². The van der Waals surface area contributed by atoms with Gasteiger partial charge in [-0.15, -0.1) is 0 Å². The highest BCUT2D eigenvalue weighted by Crippen LogP contribution is 2.33. The Morgan fingerprint density at radius 3 is 2.67 bits per heavy atom. The monoisotopic (exact) mass is 665 g/mol. The van der Waals surface area contributed by atoms with Gasteiger partial charge in [-0.1, -0.05) is 5.11 Å². The van der Waals surface area contributed by atoms with Crippen molar-refractivity contribution in [2.45, 2.75) is 68.7 Å². The predicted molar refractivity (Wildman–Crippen MR) is 161 cm³/mol. The fourth-order valence-corrected chi connectivity index (χ4v) is 6.66. The number of carbonyl (C=O) groups is 1. The fraction of sp³-hybridized carbons (Fsp3) is 0.600. The van der Waals surface area contributed by atoms with E-state index in [0.29, 0.717) is 28.2 Å². The lowest BCUT2D eigenvalue weighted by molar-refractivity contribution is -0.307. The van der Waals surface area contributed by atoms with E-state index in [4.69, 9.17) is 31.6 Å². The summed E-state index contributed by atoms with van der Waals surface area (Å²) in [4.78, 5) is 50.7. The molecule has 250 valence electrons. The van der Waals surface area contributed by atoms with Crippen molar-refractivity contribution in [1.29, 1.82) is 0 Å². The van der Waals surface area contributed by atoms with Crippen LogP contribution in [0.5, 0.6) is 0 Å². The average molecular weight is 666 g/mol. The quantitative estimate of drug-likeness (QED) is 0.0531. The highest BCUT2D eigenvalue weighted by atomic mass is 32.2. The minimum Gasteiger partial charge on any atom is -0.548 e. The zero-order valence-corrected chi connectivity index (χ0v) is 25.6. The van der Waals surface area contributed by atoms with Gasteiger partial charge in [0, 0.05) is 35.6 Å². The summed E-state index contributed by atoms with van der Waals surface area (Å²) in [6, 6.07) is -1.56. The summed E-state index contributed by atoms with van der Waals surface area (Å²) in [6.45, 7) is 1.26. The van der Waals surface area contributed by atoms with Crippen LogP contribution in [0.2, 0.25) is 0 Å². The van der Waals surface area contributed by atoms with Crippen molar-refractivity contribution in [3.8, 4) is 0 Å². The number of aryl methyl sites for hydroxylation is 1. The number of nitrogens with one attached hydrogen (secondary N) is 1. The summed E-state index contributed by atoms with van der Waals surface area (Å²) in [5, 5.41) is 44.2. The standard InChI is InChI=1S/C15H22N6O5S.C10H13N5O4/c1-27(3-2-7(16)15(24)25)4-8-10(22)11(23)14(26-8)21-6-20-9-12(17)18-5-19-13(9)21;1-5-3-15(10(18)12-9(5)17)8-2-6(13-14-11)7(4-16)19-8/h5-8,10-11,14,22-23H,2-4,16H2,1H3,(H2-,17,18,19,24,25);3,6-8,16H,2,4H2,1H3,(H,12,17,18)/t7-,8+,10+,11+,14+,27?;6-,7+,8+/m00/s1. The van der Waals surface area contributed by atoms with Crippen LogP contribution in [0.15, 0.2) is 33.6 Å². The Morgan fingerprint density at radius 1 is 1.26 bits per heavy atom. The Kier molecular flexibility index (Phi) is 11.3. The molecule has 1 unspecified atom stereocenters. The molecule has 2 fully saturated rings. The number of anilines is 1. The fourth-order valence-electron chi connectivity index (χ4n) is 5.00. The van der Waals surface area contributed by atoms with Gasteiger partial charge in [0.05, 0.1) is 37.3 Å². The van der Waals surface area contributed by atoms with E-state index < -0.39 is 66.2 Å². The highest BCUT2D eigenvalue weighted by molar-refractivity contribution is 7.96. The van der Waals surface area contributed by atoms with Crippen molar-refractivity contribution < 1.29 is 34.7 Å². The molecule has 3 aromatic rings. The first-order valence-corrected chi connectivity index (χ1v) is 16.0. The van der Waals surface area contributed by atoms with Gasteiger partial charge < -0.3 is 46.2 Å². The van der Waals surface area contributed by atoms with Gasteiger partial charge in [0.25, 0.3) is 5.56 Å². The first-order chi connectivity index (χ1) is 21.9. The number of carbonyl (C=O) groups excluding carboxylic acids is 1. The van der Waals surface area contributed by atoms with Crippen LogP contribution in [-0.4, -0.2) is 111 Å². The molecule has 8 N–H and O–H groups in total. The zero-order chi connectivity index (χ0) is 33.7. The van der Waals surface area contributed by atoms with Gasteiger partial charge in [-0.2, -0.15) is 0 Å². The molecule has 0 aromatic carbocycles. The van der Waals surface area contributed by atoms with Gasteiger partial charge in [0.15, 0.2) is 17.7 Å². The summed E-state index contributed by atoms with van der Waals surface area (Å²) >= 11 is 0. The molecule has 21 heteroatoms. The number of aliphatic carboxylic acids is 1. The normalized spacial score (nSPS) is 27.0. The molecule has 46 heavy (non-hydrogen) atoms. The molecule has 3 aromatic heterocycles. The molecule has 2 saturated heterocycles. The maximum Gasteiger partial charge on any atom is 0.330 e.